The minimum absolute atomic E-state index is 0.146. The van der Waals surface area contributed by atoms with E-state index >= 15 is 0 Å². The highest BCUT2D eigenvalue weighted by molar-refractivity contribution is 5.77. The van der Waals surface area contributed by atoms with Crippen LogP contribution in [0, 0.1) is 5.92 Å². The zero-order chi connectivity index (χ0) is 13.1. The third-order valence-corrected chi connectivity index (χ3v) is 3.84. The van der Waals surface area contributed by atoms with Crippen LogP contribution in [0.1, 0.15) is 37.9 Å². The molecule has 0 atom stereocenters. The number of aromatic nitrogens is 2. The van der Waals surface area contributed by atoms with Gasteiger partial charge in [0.05, 0.1) is 17.6 Å². The maximum atomic E-state index is 11.8. The van der Waals surface area contributed by atoms with Crippen LogP contribution in [0.15, 0.2) is 24.3 Å². The summed E-state index contributed by atoms with van der Waals surface area (Å²) in [6.07, 6.45) is 5.64. The summed E-state index contributed by atoms with van der Waals surface area (Å²) in [5.74, 6) is 1.56. The Hall–Kier alpha value is -1.84. The van der Waals surface area contributed by atoms with Crippen LogP contribution in [0.3, 0.4) is 0 Å². The van der Waals surface area contributed by atoms with Gasteiger partial charge in [-0.25, -0.2) is 4.98 Å². The van der Waals surface area contributed by atoms with Crippen molar-refractivity contribution in [3.05, 3.63) is 30.1 Å². The fourth-order valence-corrected chi connectivity index (χ4v) is 2.82. The summed E-state index contributed by atoms with van der Waals surface area (Å²) in [6.45, 7) is 0.486. The highest BCUT2D eigenvalue weighted by Gasteiger charge is 2.18. The van der Waals surface area contributed by atoms with Crippen molar-refractivity contribution in [3.8, 4) is 0 Å². The number of benzene rings is 1. The molecule has 0 radical (unpaired) electrons. The van der Waals surface area contributed by atoms with Gasteiger partial charge in [0.25, 0.3) is 0 Å². The van der Waals surface area contributed by atoms with Crippen LogP contribution in [0.4, 0.5) is 0 Å². The zero-order valence-corrected chi connectivity index (χ0v) is 11.0. The summed E-state index contributed by atoms with van der Waals surface area (Å²) in [6, 6.07) is 7.90. The molecule has 19 heavy (non-hydrogen) atoms. The van der Waals surface area contributed by atoms with Gasteiger partial charge in [-0.3, -0.25) is 4.79 Å². The van der Waals surface area contributed by atoms with Crippen LogP contribution in [-0.2, 0) is 11.3 Å². The lowest BCUT2D eigenvalue weighted by Crippen LogP contribution is -2.25. The Labute approximate surface area is 112 Å². The van der Waals surface area contributed by atoms with E-state index in [1.165, 1.54) is 25.7 Å². The molecule has 2 N–H and O–H groups in total. The number of hydrogen-bond acceptors (Lipinski definition) is 2. The quantitative estimate of drug-likeness (QED) is 0.884. The van der Waals surface area contributed by atoms with Crippen molar-refractivity contribution in [2.75, 3.05) is 0 Å². The summed E-state index contributed by atoms with van der Waals surface area (Å²) < 4.78 is 0. The molecular weight excluding hydrogens is 238 g/mol. The molecule has 100 valence electrons. The van der Waals surface area contributed by atoms with Gasteiger partial charge in [0.15, 0.2) is 0 Å². The second-order valence-electron chi connectivity index (χ2n) is 5.33. The van der Waals surface area contributed by atoms with Gasteiger partial charge in [-0.1, -0.05) is 25.0 Å². The highest BCUT2D eigenvalue weighted by atomic mass is 16.1. The van der Waals surface area contributed by atoms with E-state index in [0.29, 0.717) is 18.9 Å². The molecular formula is C15H19N3O. The molecule has 4 nitrogen and oxygen atoms in total. The first-order chi connectivity index (χ1) is 9.31. The van der Waals surface area contributed by atoms with Crippen LogP contribution in [0.2, 0.25) is 0 Å². The highest BCUT2D eigenvalue weighted by Crippen LogP contribution is 2.27. The summed E-state index contributed by atoms with van der Waals surface area (Å²) in [7, 11) is 0. The van der Waals surface area contributed by atoms with Crippen LogP contribution in [-0.4, -0.2) is 15.9 Å². The molecule has 0 saturated heterocycles. The van der Waals surface area contributed by atoms with Crippen molar-refractivity contribution < 1.29 is 4.79 Å². The third-order valence-electron chi connectivity index (χ3n) is 3.84. The minimum Gasteiger partial charge on any atom is -0.349 e. The van der Waals surface area contributed by atoms with Gasteiger partial charge in [0, 0.05) is 6.42 Å². The van der Waals surface area contributed by atoms with Crippen molar-refractivity contribution in [3.63, 3.8) is 0 Å². The van der Waals surface area contributed by atoms with Crippen molar-refractivity contribution >= 4 is 16.9 Å². The summed E-state index contributed by atoms with van der Waals surface area (Å²) in [5.41, 5.74) is 1.96. The second kappa shape index (κ2) is 5.43. The standard InChI is InChI=1S/C15H19N3O/c19-15(9-11-5-1-2-6-11)16-10-14-17-12-7-3-4-8-13(12)18-14/h3-4,7-8,11H,1-2,5-6,9-10H2,(H,16,19)(H,17,18). The predicted octanol–water partition coefficient (Wildman–Crippen LogP) is 2.76. The molecule has 1 aromatic heterocycles. The van der Waals surface area contributed by atoms with E-state index in [1.54, 1.807) is 0 Å². The number of H-pyrrole nitrogens is 1. The van der Waals surface area contributed by atoms with Crippen molar-refractivity contribution in [1.29, 1.82) is 0 Å². The molecule has 4 heteroatoms. The van der Waals surface area contributed by atoms with E-state index in [2.05, 4.69) is 15.3 Å². The summed E-state index contributed by atoms with van der Waals surface area (Å²) >= 11 is 0. The Morgan fingerprint density at radius 2 is 2.11 bits per heavy atom. The average molecular weight is 257 g/mol. The lowest BCUT2D eigenvalue weighted by atomic mass is 10.0. The van der Waals surface area contributed by atoms with E-state index in [9.17, 15) is 4.79 Å². The topological polar surface area (TPSA) is 57.8 Å². The number of carbonyl (C=O) groups is 1. The average Bonchev–Trinajstić information content (AvgIpc) is 3.04. The largest absolute Gasteiger partial charge is 0.349 e. The number of amides is 1. The lowest BCUT2D eigenvalue weighted by Gasteiger charge is -2.08. The first-order valence-electron chi connectivity index (χ1n) is 7.01. The van der Waals surface area contributed by atoms with Crippen LogP contribution < -0.4 is 5.32 Å². The van der Waals surface area contributed by atoms with E-state index < -0.39 is 0 Å². The molecule has 1 fully saturated rings. The van der Waals surface area contributed by atoms with E-state index in [-0.39, 0.29) is 5.91 Å². The Morgan fingerprint density at radius 3 is 2.89 bits per heavy atom. The fourth-order valence-electron chi connectivity index (χ4n) is 2.82. The van der Waals surface area contributed by atoms with Crippen LogP contribution >= 0.6 is 0 Å². The number of hydrogen-bond donors (Lipinski definition) is 2. The van der Waals surface area contributed by atoms with Crippen molar-refractivity contribution in [2.24, 2.45) is 5.92 Å². The van der Waals surface area contributed by atoms with Gasteiger partial charge in [0.2, 0.25) is 5.91 Å². The fraction of sp³-hybridized carbons (Fsp3) is 0.467. The van der Waals surface area contributed by atoms with Crippen LogP contribution in [0.5, 0.6) is 0 Å². The van der Waals surface area contributed by atoms with Gasteiger partial charge < -0.3 is 10.3 Å². The van der Waals surface area contributed by atoms with Gasteiger partial charge in [0.1, 0.15) is 5.82 Å². The summed E-state index contributed by atoms with van der Waals surface area (Å²) in [4.78, 5) is 19.5. The normalized spacial score (nSPS) is 16.0. The maximum Gasteiger partial charge on any atom is 0.220 e. The number of nitrogens with one attached hydrogen (secondary N) is 2. The lowest BCUT2D eigenvalue weighted by molar-refractivity contribution is -0.122. The Balaban J connectivity index is 1.54. The molecule has 3 rings (SSSR count). The monoisotopic (exact) mass is 257 g/mol. The van der Waals surface area contributed by atoms with Crippen LogP contribution in [0.25, 0.3) is 11.0 Å². The molecule has 1 amide bonds. The van der Waals surface area contributed by atoms with Gasteiger partial charge in [-0.2, -0.15) is 0 Å². The number of fused-ring (bicyclic) bond motifs is 1. The number of aromatic amines is 1. The first-order valence-corrected chi connectivity index (χ1v) is 7.01. The Kier molecular flexibility index (Phi) is 3.49. The predicted molar refractivity (Wildman–Crippen MR) is 74.5 cm³/mol. The van der Waals surface area contributed by atoms with E-state index in [1.807, 2.05) is 24.3 Å². The molecule has 0 unspecified atom stereocenters. The molecule has 1 aliphatic carbocycles. The minimum atomic E-state index is 0.146. The molecule has 2 aromatic rings. The number of para-hydroxylation sites is 2. The summed E-state index contributed by atoms with van der Waals surface area (Å²) in [5, 5.41) is 2.95. The Bertz CT molecular complexity index is 537. The Morgan fingerprint density at radius 1 is 1.32 bits per heavy atom. The smallest absolute Gasteiger partial charge is 0.220 e. The first kappa shape index (κ1) is 12.2. The molecule has 1 aromatic carbocycles. The molecule has 1 heterocycles. The van der Waals surface area contributed by atoms with E-state index in [4.69, 9.17) is 0 Å². The molecule has 0 aliphatic heterocycles. The second-order valence-corrected chi connectivity index (χ2v) is 5.33. The van der Waals surface area contributed by atoms with E-state index in [0.717, 1.165) is 16.9 Å². The van der Waals surface area contributed by atoms with Gasteiger partial charge in [-0.05, 0) is 30.9 Å². The molecule has 1 aliphatic rings. The van der Waals surface area contributed by atoms with Gasteiger partial charge in [-0.15, -0.1) is 0 Å². The number of nitrogens with zero attached hydrogens (tertiary/aromatic N) is 1. The SMILES string of the molecule is O=C(CC1CCCC1)NCc1nc2ccccc2[nH]1. The third kappa shape index (κ3) is 2.95. The molecule has 1 saturated carbocycles. The van der Waals surface area contributed by atoms with Crippen molar-refractivity contribution in [1.82, 2.24) is 15.3 Å². The molecule has 0 bridgehead atoms. The van der Waals surface area contributed by atoms with Gasteiger partial charge >= 0.3 is 0 Å². The number of rotatable bonds is 4. The molecule has 0 spiro atoms. The van der Waals surface area contributed by atoms with Crippen molar-refractivity contribution in [2.45, 2.75) is 38.6 Å². The maximum absolute atomic E-state index is 11.8. The number of imidazole rings is 1. The zero-order valence-electron chi connectivity index (χ0n) is 11.0. The number of carbonyl (C=O) groups excluding carboxylic acids is 1.